The number of carbonyl (C=O) groups excluding carboxylic acids is 1. The van der Waals surface area contributed by atoms with Crippen LogP contribution in [0.1, 0.15) is 5.56 Å². The van der Waals surface area contributed by atoms with Gasteiger partial charge in [0.1, 0.15) is 0 Å². The van der Waals surface area contributed by atoms with Crippen molar-refractivity contribution in [3.05, 3.63) is 65.3 Å². The lowest BCUT2D eigenvalue weighted by Crippen LogP contribution is -2.28. The van der Waals surface area contributed by atoms with Gasteiger partial charge in [0, 0.05) is 5.57 Å². The number of carboxylic acids is 1. The number of carbonyl (C=O) groups is 2. The van der Waals surface area contributed by atoms with E-state index < -0.39 is 24.0 Å². The van der Waals surface area contributed by atoms with Gasteiger partial charge >= 0.3 is 11.9 Å². The summed E-state index contributed by atoms with van der Waals surface area (Å²) in [5.74, 6) is -2.21. The first-order chi connectivity index (χ1) is 9.66. The standard InChI is InChI=1S/C16H12O4/c17-15(18)14-13-11(9-10-5-2-1-3-6-10)7-4-8-12(13)16(19)20-14/h1-9,13-14H,(H,17,18). The van der Waals surface area contributed by atoms with Crippen molar-refractivity contribution < 1.29 is 19.4 Å². The molecule has 1 aliphatic carbocycles. The van der Waals surface area contributed by atoms with E-state index in [1.165, 1.54) is 0 Å². The highest BCUT2D eigenvalue weighted by Crippen LogP contribution is 2.37. The zero-order chi connectivity index (χ0) is 14.1. The number of rotatable bonds is 2. The quantitative estimate of drug-likeness (QED) is 0.835. The van der Waals surface area contributed by atoms with E-state index in [0.717, 1.165) is 11.1 Å². The lowest BCUT2D eigenvalue weighted by atomic mass is 9.84. The van der Waals surface area contributed by atoms with Crippen LogP contribution in [0.4, 0.5) is 0 Å². The van der Waals surface area contributed by atoms with Crippen LogP contribution in [0.25, 0.3) is 6.08 Å². The predicted octanol–water partition coefficient (Wildman–Crippen LogP) is 2.19. The molecule has 0 spiro atoms. The minimum absolute atomic E-state index is 0.405. The Kier molecular flexibility index (Phi) is 2.99. The Hall–Kier alpha value is -2.62. The lowest BCUT2D eigenvalue weighted by Gasteiger charge is -2.18. The number of hydrogen-bond acceptors (Lipinski definition) is 3. The molecule has 0 bridgehead atoms. The Balaban J connectivity index is 2.03. The van der Waals surface area contributed by atoms with E-state index in [1.54, 1.807) is 12.2 Å². The Labute approximate surface area is 115 Å². The number of carboxylic acid groups (broad SMARTS) is 1. The van der Waals surface area contributed by atoms with Gasteiger partial charge in [0.15, 0.2) is 0 Å². The van der Waals surface area contributed by atoms with E-state index in [-0.39, 0.29) is 0 Å². The average Bonchev–Trinajstić information content (AvgIpc) is 2.79. The average molecular weight is 268 g/mol. The van der Waals surface area contributed by atoms with Gasteiger partial charge in [0.05, 0.1) is 5.92 Å². The summed E-state index contributed by atoms with van der Waals surface area (Å²) in [4.78, 5) is 23.0. The van der Waals surface area contributed by atoms with Gasteiger partial charge in [-0.05, 0) is 11.1 Å². The molecule has 0 radical (unpaired) electrons. The molecular weight excluding hydrogens is 256 g/mol. The Morgan fingerprint density at radius 3 is 2.70 bits per heavy atom. The molecule has 100 valence electrons. The molecule has 4 heteroatoms. The minimum atomic E-state index is -1.14. The van der Waals surface area contributed by atoms with Gasteiger partial charge in [-0.3, -0.25) is 0 Å². The van der Waals surface area contributed by atoms with Crippen LogP contribution in [0.2, 0.25) is 0 Å². The maximum atomic E-state index is 11.7. The van der Waals surface area contributed by atoms with Gasteiger partial charge in [-0.2, -0.15) is 0 Å². The molecule has 2 unspecified atom stereocenters. The Morgan fingerprint density at radius 1 is 1.25 bits per heavy atom. The monoisotopic (exact) mass is 268 g/mol. The zero-order valence-electron chi connectivity index (χ0n) is 10.5. The van der Waals surface area contributed by atoms with Gasteiger partial charge in [0.25, 0.3) is 0 Å². The van der Waals surface area contributed by atoms with Crippen molar-refractivity contribution in [2.75, 3.05) is 0 Å². The summed E-state index contributed by atoms with van der Waals surface area (Å²) in [6.07, 6.45) is 5.92. The second kappa shape index (κ2) is 4.81. The van der Waals surface area contributed by atoms with Crippen LogP contribution < -0.4 is 0 Å². The molecular formula is C16H12O4. The summed E-state index contributed by atoms with van der Waals surface area (Å²) in [5, 5.41) is 9.20. The summed E-state index contributed by atoms with van der Waals surface area (Å²) in [6, 6.07) is 9.56. The maximum Gasteiger partial charge on any atom is 0.346 e. The van der Waals surface area contributed by atoms with Gasteiger partial charge < -0.3 is 9.84 Å². The molecule has 1 saturated heterocycles. The molecule has 0 amide bonds. The Morgan fingerprint density at radius 2 is 2.00 bits per heavy atom. The molecule has 1 aromatic rings. The number of hydrogen-bond donors (Lipinski definition) is 1. The molecule has 1 N–H and O–H groups in total. The van der Waals surface area contributed by atoms with Crippen LogP contribution >= 0.6 is 0 Å². The first-order valence-corrected chi connectivity index (χ1v) is 6.25. The Bertz CT molecular complexity index is 652. The normalized spacial score (nSPS) is 26.1. The zero-order valence-corrected chi connectivity index (χ0v) is 10.5. The van der Waals surface area contributed by atoms with E-state index in [1.807, 2.05) is 42.5 Å². The summed E-state index contributed by atoms with van der Waals surface area (Å²) in [7, 11) is 0. The summed E-state index contributed by atoms with van der Waals surface area (Å²) in [6.45, 7) is 0. The second-order valence-corrected chi connectivity index (χ2v) is 4.68. The number of ether oxygens (including phenoxy) is 1. The van der Waals surface area contributed by atoms with Crippen molar-refractivity contribution in [3.63, 3.8) is 0 Å². The van der Waals surface area contributed by atoms with Crippen LogP contribution in [0, 0.1) is 5.92 Å². The summed E-state index contributed by atoms with van der Waals surface area (Å²) < 4.78 is 4.95. The molecule has 3 rings (SSSR count). The van der Waals surface area contributed by atoms with Crippen LogP contribution in [0.15, 0.2) is 59.7 Å². The van der Waals surface area contributed by atoms with Crippen LogP contribution in [0.3, 0.4) is 0 Å². The van der Waals surface area contributed by atoms with Gasteiger partial charge in [0.2, 0.25) is 6.10 Å². The van der Waals surface area contributed by atoms with Crippen molar-refractivity contribution in [3.8, 4) is 0 Å². The highest BCUT2D eigenvalue weighted by atomic mass is 16.6. The third kappa shape index (κ3) is 2.05. The minimum Gasteiger partial charge on any atom is -0.478 e. The number of aliphatic carboxylic acids is 1. The largest absolute Gasteiger partial charge is 0.478 e. The first kappa shape index (κ1) is 12.4. The summed E-state index contributed by atoms with van der Waals surface area (Å²) in [5.41, 5.74) is 2.13. The highest BCUT2D eigenvalue weighted by Gasteiger charge is 2.46. The SMILES string of the molecule is O=C1OC(C(=O)O)C2C(=Cc3ccccc3)C=CC=C12. The predicted molar refractivity (Wildman–Crippen MR) is 72.6 cm³/mol. The van der Waals surface area contributed by atoms with Gasteiger partial charge in [-0.1, -0.05) is 54.6 Å². The van der Waals surface area contributed by atoms with Crippen molar-refractivity contribution in [2.24, 2.45) is 5.92 Å². The van der Waals surface area contributed by atoms with Crippen molar-refractivity contribution in [1.82, 2.24) is 0 Å². The lowest BCUT2D eigenvalue weighted by molar-refractivity contribution is -0.157. The van der Waals surface area contributed by atoms with E-state index in [4.69, 9.17) is 4.74 Å². The molecule has 1 heterocycles. The van der Waals surface area contributed by atoms with Crippen LogP contribution in [-0.2, 0) is 14.3 Å². The summed E-state index contributed by atoms with van der Waals surface area (Å²) >= 11 is 0. The molecule has 0 aromatic heterocycles. The molecule has 1 fully saturated rings. The van der Waals surface area contributed by atoms with Crippen molar-refractivity contribution >= 4 is 18.0 Å². The first-order valence-electron chi connectivity index (χ1n) is 6.25. The molecule has 2 aliphatic rings. The molecule has 4 nitrogen and oxygen atoms in total. The molecule has 0 saturated carbocycles. The molecule has 20 heavy (non-hydrogen) atoms. The van der Waals surface area contributed by atoms with E-state index >= 15 is 0 Å². The second-order valence-electron chi connectivity index (χ2n) is 4.68. The topological polar surface area (TPSA) is 63.6 Å². The van der Waals surface area contributed by atoms with Gasteiger partial charge in [-0.25, -0.2) is 9.59 Å². The van der Waals surface area contributed by atoms with Crippen LogP contribution in [-0.4, -0.2) is 23.1 Å². The maximum absolute atomic E-state index is 11.7. The van der Waals surface area contributed by atoms with E-state index in [2.05, 4.69) is 0 Å². The van der Waals surface area contributed by atoms with Crippen molar-refractivity contribution in [1.29, 1.82) is 0 Å². The molecule has 1 aromatic carbocycles. The molecule has 2 atom stereocenters. The number of fused-ring (bicyclic) bond motifs is 1. The number of benzene rings is 1. The van der Waals surface area contributed by atoms with Crippen LogP contribution in [0.5, 0.6) is 0 Å². The number of esters is 1. The number of allylic oxidation sites excluding steroid dienone is 3. The third-order valence-electron chi connectivity index (χ3n) is 3.41. The fourth-order valence-electron chi connectivity index (χ4n) is 2.51. The third-order valence-corrected chi connectivity index (χ3v) is 3.41. The van der Waals surface area contributed by atoms with Gasteiger partial charge in [-0.15, -0.1) is 0 Å². The number of cyclic esters (lactones) is 1. The molecule has 1 aliphatic heterocycles. The van der Waals surface area contributed by atoms with E-state index in [9.17, 15) is 14.7 Å². The van der Waals surface area contributed by atoms with E-state index in [0.29, 0.717) is 5.57 Å². The smallest absolute Gasteiger partial charge is 0.346 e. The highest BCUT2D eigenvalue weighted by molar-refractivity contribution is 5.98. The fourth-order valence-corrected chi connectivity index (χ4v) is 2.51. The fraction of sp³-hybridized carbons (Fsp3) is 0.125. The van der Waals surface area contributed by atoms with Crippen molar-refractivity contribution in [2.45, 2.75) is 6.10 Å².